The molecule has 0 unspecified atom stereocenters. The second-order valence-electron chi connectivity index (χ2n) is 11.9. The number of para-hydroxylation sites is 1. The third-order valence-corrected chi connectivity index (χ3v) is 8.70. The molecule has 6 rings (SSSR count). The van der Waals surface area contributed by atoms with Gasteiger partial charge >= 0.3 is 6.18 Å². The number of carbonyl (C=O) groups is 1. The van der Waals surface area contributed by atoms with E-state index in [0.29, 0.717) is 33.7 Å². The number of amides is 1. The Morgan fingerprint density at radius 3 is 2.52 bits per heavy atom. The van der Waals surface area contributed by atoms with Gasteiger partial charge in [0.05, 0.1) is 29.9 Å². The molecule has 0 atom stereocenters. The van der Waals surface area contributed by atoms with E-state index in [0.717, 1.165) is 38.0 Å². The molecule has 0 bridgehead atoms. The fraction of sp³-hybridized carbons (Fsp3) is 0.314. The van der Waals surface area contributed by atoms with Gasteiger partial charge in [-0.25, -0.2) is 9.07 Å². The predicted molar refractivity (Wildman–Crippen MR) is 179 cm³/mol. The van der Waals surface area contributed by atoms with Gasteiger partial charge in [0, 0.05) is 35.9 Å². The van der Waals surface area contributed by atoms with Crippen molar-refractivity contribution in [3.05, 3.63) is 89.1 Å². The van der Waals surface area contributed by atoms with Crippen molar-refractivity contribution in [3.63, 3.8) is 0 Å². The molecular weight excluding hydrogens is 680 g/mol. The number of carbonyl (C=O) groups excluding carboxylic acids is 1. The highest BCUT2D eigenvalue weighted by Gasteiger charge is 2.42. The van der Waals surface area contributed by atoms with E-state index in [1.165, 1.54) is 62.5 Å². The molecule has 1 aliphatic rings. The summed E-state index contributed by atoms with van der Waals surface area (Å²) in [4.78, 5) is 19.8. The quantitative estimate of drug-likeness (QED) is 0.108. The largest absolute Gasteiger partial charge is 0.493 e. The van der Waals surface area contributed by atoms with Crippen molar-refractivity contribution >= 4 is 34.1 Å². The van der Waals surface area contributed by atoms with Gasteiger partial charge in [-0.15, -0.1) is 5.10 Å². The van der Waals surface area contributed by atoms with Crippen LogP contribution in [0.3, 0.4) is 0 Å². The van der Waals surface area contributed by atoms with Crippen molar-refractivity contribution < 1.29 is 36.6 Å². The maximum atomic E-state index is 15.3. The Labute approximate surface area is 289 Å². The van der Waals surface area contributed by atoms with Crippen LogP contribution in [-0.4, -0.2) is 64.1 Å². The first-order valence-electron chi connectivity index (χ1n) is 15.9. The van der Waals surface area contributed by atoms with Gasteiger partial charge in [0.25, 0.3) is 5.91 Å². The van der Waals surface area contributed by atoms with Crippen LogP contribution in [0.15, 0.2) is 66.9 Å². The van der Waals surface area contributed by atoms with Crippen LogP contribution in [0.25, 0.3) is 16.6 Å². The number of fused-ring (bicyclic) bond motifs is 1. The Hall–Kier alpha value is -4.95. The lowest BCUT2D eigenvalue weighted by atomic mass is 9.99. The molecule has 1 amide bonds. The number of hydrogen-bond donors (Lipinski definition) is 1. The fourth-order valence-electron chi connectivity index (χ4n) is 5.70. The molecule has 0 aliphatic carbocycles. The molecule has 50 heavy (non-hydrogen) atoms. The number of likely N-dealkylation sites (tertiary alicyclic amines) is 1. The number of pyridine rings is 1. The van der Waals surface area contributed by atoms with Crippen LogP contribution >= 0.6 is 11.6 Å². The summed E-state index contributed by atoms with van der Waals surface area (Å²) in [6.07, 6.45) is -0.237. The van der Waals surface area contributed by atoms with Gasteiger partial charge in [-0.05, 0) is 74.7 Å². The van der Waals surface area contributed by atoms with E-state index in [-0.39, 0.29) is 27.9 Å². The first-order valence-corrected chi connectivity index (χ1v) is 16.3. The first kappa shape index (κ1) is 34.9. The van der Waals surface area contributed by atoms with E-state index < -0.39 is 29.3 Å². The average molecular weight is 713 g/mol. The molecule has 10 nitrogen and oxygen atoms in total. The van der Waals surface area contributed by atoms with Gasteiger partial charge in [0.15, 0.2) is 34.5 Å². The number of nitrogens with one attached hydrogen (secondary N) is 1. The third-order valence-electron chi connectivity index (χ3n) is 8.38. The van der Waals surface area contributed by atoms with Crippen LogP contribution in [0.5, 0.6) is 23.0 Å². The maximum absolute atomic E-state index is 15.3. The molecule has 1 fully saturated rings. The Morgan fingerprint density at radius 2 is 1.80 bits per heavy atom. The van der Waals surface area contributed by atoms with Gasteiger partial charge < -0.3 is 24.4 Å². The van der Waals surface area contributed by atoms with Crippen molar-refractivity contribution in [2.75, 3.05) is 38.7 Å². The zero-order valence-electron chi connectivity index (χ0n) is 27.1. The summed E-state index contributed by atoms with van der Waals surface area (Å²) in [5, 5.41) is 9.72. The van der Waals surface area contributed by atoms with Gasteiger partial charge in [0.1, 0.15) is 5.75 Å². The molecule has 3 aromatic carbocycles. The summed E-state index contributed by atoms with van der Waals surface area (Å²) in [5.41, 5.74) is -2.20. The van der Waals surface area contributed by atoms with Crippen molar-refractivity contribution in [3.8, 4) is 28.7 Å². The smallest absolute Gasteiger partial charge is 0.435 e. The summed E-state index contributed by atoms with van der Waals surface area (Å²) >= 11 is 6.07. The maximum Gasteiger partial charge on any atom is 0.435 e. The molecule has 1 N–H and O–H groups in total. The molecule has 1 saturated heterocycles. The Balaban J connectivity index is 1.15. The van der Waals surface area contributed by atoms with Crippen LogP contribution in [-0.2, 0) is 6.18 Å². The second kappa shape index (κ2) is 14.9. The Bertz CT molecular complexity index is 2000. The Morgan fingerprint density at radius 1 is 1.02 bits per heavy atom. The summed E-state index contributed by atoms with van der Waals surface area (Å²) in [6.45, 7) is 5.93. The van der Waals surface area contributed by atoms with Crippen LogP contribution in [0.2, 0.25) is 5.02 Å². The molecule has 5 aromatic rings. The molecule has 262 valence electrons. The molecule has 0 spiro atoms. The van der Waals surface area contributed by atoms with Gasteiger partial charge in [-0.3, -0.25) is 9.78 Å². The topological polar surface area (TPSA) is 104 Å². The number of hydrogen-bond acceptors (Lipinski definition) is 8. The van der Waals surface area contributed by atoms with E-state index in [1.54, 1.807) is 18.2 Å². The number of alkyl halides is 3. The summed E-state index contributed by atoms with van der Waals surface area (Å²) in [5.74, 6) is -0.346. The number of benzene rings is 3. The minimum absolute atomic E-state index is 0.0324. The summed E-state index contributed by atoms with van der Waals surface area (Å²) < 4.78 is 75.5. The monoisotopic (exact) mass is 712 g/mol. The number of halogens is 5. The van der Waals surface area contributed by atoms with E-state index in [2.05, 4.69) is 32.4 Å². The SMILES string of the molecule is COc1cc2c(Oc3ccc(NC(=O)c4nnn(-c5ccccc5Cl)c4C(F)(F)F)cc3F)ccnc2cc1OCCCN1CCC(C)CC1. The zero-order chi connectivity index (χ0) is 35.4. The number of methoxy groups -OCH3 is 1. The van der Waals surface area contributed by atoms with Crippen molar-refractivity contribution in [2.45, 2.75) is 32.4 Å². The lowest BCUT2D eigenvalue weighted by Gasteiger charge is -2.30. The van der Waals surface area contributed by atoms with Gasteiger partial charge in [0.2, 0.25) is 0 Å². The summed E-state index contributed by atoms with van der Waals surface area (Å²) in [6, 6.07) is 14.1. The number of piperidine rings is 1. The fourth-order valence-corrected chi connectivity index (χ4v) is 5.91. The summed E-state index contributed by atoms with van der Waals surface area (Å²) in [7, 11) is 1.52. The lowest BCUT2D eigenvalue weighted by Crippen LogP contribution is -2.34. The normalized spacial score (nSPS) is 14.1. The number of rotatable bonds is 11. The van der Waals surface area contributed by atoms with E-state index in [4.69, 9.17) is 25.8 Å². The van der Waals surface area contributed by atoms with E-state index in [1.807, 2.05) is 0 Å². The van der Waals surface area contributed by atoms with E-state index in [9.17, 15) is 18.0 Å². The van der Waals surface area contributed by atoms with Crippen LogP contribution in [0.4, 0.5) is 23.2 Å². The number of ether oxygens (including phenoxy) is 3. The third kappa shape index (κ3) is 7.76. The van der Waals surface area contributed by atoms with Crippen LogP contribution in [0.1, 0.15) is 42.4 Å². The standard InChI is InChI=1S/C35H33ClF4N6O4/c1-21-11-15-45(16-12-21)14-5-17-49-31-20-26-23(19-30(31)48-2)28(10-13-41-26)50-29-9-8-22(18-25(29)37)42-34(47)32-33(35(38,39)40)46(44-43-32)27-7-4-3-6-24(27)36/h3-4,6-10,13,18-21H,5,11-12,14-17H2,1-2H3,(H,42,47). The lowest BCUT2D eigenvalue weighted by molar-refractivity contribution is -0.143. The second-order valence-corrected chi connectivity index (χ2v) is 12.3. The zero-order valence-corrected chi connectivity index (χ0v) is 27.9. The van der Waals surface area contributed by atoms with Gasteiger partial charge in [-0.1, -0.05) is 35.9 Å². The minimum atomic E-state index is -5.02. The van der Waals surface area contributed by atoms with E-state index >= 15 is 4.39 Å². The molecule has 2 aromatic heterocycles. The van der Waals surface area contributed by atoms with Gasteiger partial charge in [-0.2, -0.15) is 13.2 Å². The van der Waals surface area contributed by atoms with Crippen LogP contribution in [0, 0.1) is 11.7 Å². The molecule has 3 heterocycles. The Kier molecular flexibility index (Phi) is 10.4. The minimum Gasteiger partial charge on any atom is -0.493 e. The van der Waals surface area contributed by atoms with Crippen molar-refractivity contribution in [1.29, 1.82) is 0 Å². The number of anilines is 1. The first-order chi connectivity index (χ1) is 24.0. The van der Waals surface area contributed by atoms with Crippen LogP contribution < -0.4 is 19.5 Å². The molecule has 0 radical (unpaired) electrons. The number of aromatic nitrogens is 4. The average Bonchev–Trinajstić information content (AvgIpc) is 3.55. The number of nitrogens with zero attached hydrogens (tertiary/aromatic N) is 5. The van der Waals surface area contributed by atoms with Crippen molar-refractivity contribution in [1.82, 2.24) is 24.9 Å². The molecule has 1 aliphatic heterocycles. The molecule has 0 saturated carbocycles. The predicted octanol–water partition coefficient (Wildman–Crippen LogP) is 8.18. The molecule has 15 heteroatoms. The highest BCUT2D eigenvalue weighted by Crippen LogP contribution is 2.38. The highest BCUT2D eigenvalue weighted by molar-refractivity contribution is 6.32. The molecular formula is C35H33ClF4N6O4. The highest BCUT2D eigenvalue weighted by atomic mass is 35.5. The van der Waals surface area contributed by atoms with Crippen molar-refractivity contribution in [2.24, 2.45) is 5.92 Å².